The van der Waals surface area contributed by atoms with Crippen molar-refractivity contribution in [3.05, 3.63) is 33.1 Å². The second kappa shape index (κ2) is 3.61. The maximum absolute atomic E-state index is 12.1. The van der Waals surface area contributed by atoms with Crippen molar-refractivity contribution < 1.29 is 13.7 Å². The minimum absolute atomic E-state index is 0.416. The van der Waals surface area contributed by atoms with Crippen LogP contribution in [0.4, 0.5) is 14.5 Å². The van der Waals surface area contributed by atoms with Crippen LogP contribution in [0.25, 0.3) is 0 Å². The van der Waals surface area contributed by atoms with Crippen LogP contribution in [-0.4, -0.2) is 9.91 Å². The minimum Gasteiger partial charge on any atom is -0.258 e. The molecule has 70 valence electrons. The fourth-order valence-corrected chi connectivity index (χ4v) is 0.892. The number of hydrogen-bond acceptors (Lipinski definition) is 3. The van der Waals surface area contributed by atoms with E-state index in [4.69, 9.17) is 11.6 Å². The Kier molecular flexibility index (Phi) is 2.72. The van der Waals surface area contributed by atoms with Crippen LogP contribution < -0.4 is 0 Å². The molecular weight excluding hydrogens is 206 g/mol. The van der Waals surface area contributed by atoms with E-state index in [-0.39, 0.29) is 0 Å². The van der Waals surface area contributed by atoms with E-state index < -0.39 is 27.8 Å². The summed E-state index contributed by atoms with van der Waals surface area (Å²) in [6, 6.07) is 0.708. The molecule has 13 heavy (non-hydrogen) atoms. The first-order chi connectivity index (χ1) is 6.02. The van der Waals surface area contributed by atoms with Gasteiger partial charge < -0.3 is 0 Å². The number of hydrogen-bond donors (Lipinski definition) is 0. The van der Waals surface area contributed by atoms with Crippen LogP contribution >= 0.6 is 11.6 Å². The van der Waals surface area contributed by atoms with Crippen molar-refractivity contribution in [3.63, 3.8) is 0 Å². The summed E-state index contributed by atoms with van der Waals surface area (Å²) in [5, 5.41) is 9.75. The van der Waals surface area contributed by atoms with Crippen LogP contribution in [0.1, 0.15) is 12.0 Å². The number of rotatable bonds is 2. The summed E-state index contributed by atoms with van der Waals surface area (Å²) >= 11 is 5.28. The lowest BCUT2D eigenvalue weighted by Crippen LogP contribution is -1.94. The van der Waals surface area contributed by atoms with Crippen molar-refractivity contribution in [1.29, 1.82) is 0 Å². The van der Waals surface area contributed by atoms with E-state index in [9.17, 15) is 18.9 Å². The SMILES string of the molecule is O=[N+]([O-])c1cnc(Cl)c(C(F)F)c1. The lowest BCUT2D eigenvalue weighted by molar-refractivity contribution is -0.385. The molecule has 0 aromatic carbocycles. The van der Waals surface area contributed by atoms with Gasteiger partial charge in [-0.1, -0.05) is 11.6 Å². The fourth-order valence-electron chi connectivity index (χ4n) is 0.706. The smallest absolute Gasteiger partial charge is 0.258 e. The van der Waals surface area contributed by atoms with Gasteiger partial charge in [-0.25, -0.2) is 13.8 Å². The van der Waals surface area contributed by atoms with Crippen LogP contribution in [0.2, 0.25) is 5.15 Å². The van der Waals surface area contributed by atoms with Crippen LogP contribution in [0.5, 0.6) is 0 Å². The molecule has 0 aliphatic carbocycles. The summed E-state index contributed by atoms with van der Waals surface area (Å²) in [5.74, 6) is 0. The normalized spacial score (nSPS) is 10.5. The molecule has 0 aliphatic heterocycles. The molecule has 1 rings (SSSR count). The summed E-state index contributed by atoms with van der Waals surface area (Å²) < 4.78 is 24.2. The highest BCUT2D eigenvalue weighted by Crippen LogP contribution is 2.27. The van der Waals surface area contributed by atoms with Crippen LogP contribution in [-0.2, 0) is 0 Å². The van der Waals surface area contributed by atoms with Crippen molar-refractivity contribution in [3.8, 4) is 0 Å². The van der Waals surface area contributed by atoms with Crippen molar-refractivity contribution in [2.24, 2.45) is 0 Å². The lowest BCUT2D eigenvalue weighted by Gasteiger charge is -2.00. The summed E-state index contributed by atoms with van der Waals surface area (Å²) in [4.78, 5) is 12.6. The van der Waals surface area contributed by atoms with Gasteiger partial charge in [0.1, 0.15) is 11.3 Å². The van der Waals surface area contributed by atoms with Gasteiger partial charge in [-0.3, -0.25) is 10.1 Å². The summed E-state index contributed by atoms with van der Waals surface area (Å²) in [6.45, 7) is 0. The molecule has 1 aromatic rings. The van der Waals surface area contributed by atoms with Crippen LogP contribution in [0.15, 0.2) is 12.3 Å². The highest BCUT2D eigenvalue weighted by molar-refractivity contribution is 6.30. The third kappa shape index (κ3) is 2.09. The molecule has 1 heterocycles. The van der Waals surface area contributed by atoms with Gasteiger partial charge in [-0.05, 0) is 0 Å². The van der Waals surface area contributed by atoms with E-state index in [0.717, 1.165) is 6.20 Å². The van der Waals surface area contributed by atoms with Crippen LogP contribution in [0, 0.1) is 10.1 Å². The molecule has 4 nitrogen and oxygen atoms in total. The van der Waals surface area contributed by atoms with Crippen molar-refractivity contribution >= 4 is 17.3 Å². The number of halogens is 3. The van der Waals surface area contributed by atoms with Gasteiger partial charge in [0.2, 0.25) is 0 Å². The molecule has 0 aliphatic rings. The molecule has 1 aromatic heterocycles. The summed E-state index contributed by atoms with van der Waals surface area (Å²) in [6.07, 6.45) is -2.03. The Balaban J connectivity index is 3.19. The van der Waals surface area contributed by atoms with Gasteiger partial charge in [-0.2, -0.15) is 0 Å². The monoisotopic (exact) mass is 208 g/mol. The van der Waals surface area contributed by atoms with E-state index in [2.05, 4.69) is 4.98 Å². The number of nitrogens with zero attached hydrogens (tertiary/aromatic N) is 2. The number of aromatic nitrogens is 1. The van der Waals surface area contributed by atoms with Gasteiger partial charge >= 0.3 is 0 Å². The van der Waals surface area contributed by atoms with Crippen molar-refractivity contribution in [1.82, 2.24) is 4.98 Å². The average molecular weight is 209 g/mol. The zero-order valence-electron chi connectivity index (χ0n) is 6.08. The van der Waals surface area contributed by atoms with E-state index in [1.165, 1.54) is 0 Å². The van der Waals surface area contributed by atoms with Gasteiger partial charge in [0, 0.05) is 6.07 Å². The molecule has 0 saturated carbocycles. The molecule has 0 amide bonds. The standard InChI is InChI=1S/C6H3ClF2N2O2/c7-5-4(6(8)9)1-3(2-10-5)11(12)13/h1-2,6H. The molecule has 0 N–H and O–H groups in total. The fraction of sp³-hybridized carbons (Fsp3) is 0.167. The largest absolute Gasteiger partial charge is 0.288 e. The molecule has 0 bridgehead atoms. The number of alkyl halides is 2. The van der Waals surface area contributed by atoms with E-state index in [0.29, 0.717) is 6.07 Å². The zero-order valence-corrected chi connectivity index (χ0v) is 6.83. The first-order valence-electron chi connectivity index (χ1n) is 3.10. The van der Waals surface area contributed by atoms with E-state index >= 15 is 0 Å². The third-order valence-corrected chi connectivity index (χ3v) is 1.61. The molecule has 0 fully saturated rings. The summed E-state index contributed by atoms with van der Waals surface area (Å²) in [5.41, 5.74) is -1.13. The summed E-state index contributed by atoms with van der Waals surface area (Å²) in [7, 11) is 0. The van der Waals surface area contributed by atoms with Gasteiger partial charge in [0.15, 0.2) is 0 Å². The van der Waals surface area contributed by atoms with Gasteiger partial charge in [-0.15, -0.1) is 0 Å². The van der Waals surface area contributed by atoms with Crippen molar-refractivity contribution in [2.75, 3.05) is 0 Å². The minimum atomic E-state index is -2.86. The molecule has 0 spiro atoms. The van der Waals surface area contributed by atoms with Crippen molar-refractivity contribution in [2.45, 2.75) is 6.43 Å². The number of pyridine rings is 1. The van der Waals surface area contributed by atoms with E-state index in [1.807, 2.05) is 0 Å². The second-order valence-electron chi connectivity index (χ2n) is 2.13. The maximum Gasteiger partial charge on any atom is 0.288 e. The highest BCUT2D eigenvalue weighted by Gasteiger charge is 2.17. The Morgan fingerprint density at radius 2 is 2.23 bits per heavy atom. The Morgan fingerprint density at radius 1 is 1.62 bits per heavy atom. The average Bonchev–Trinajstić information content (AvgIpc) is 2.04. The first-order valence-corrected chi connectivity index (χ1v) is 3.48. The molecule has 0 radical (unpaired) electrons. The molecule has 7 heteroatoms. The zero-order chi connectivity index (χ0) is 10.0. The molecule has 0 unspecified atom stereocenters. The Morgan fingerprint density at radius 3 is 2.69 bits per heavy atom. The molecule has 0 saturated heterocycles. The van der Waals surface area contributed by atoms with Gasteiger partial charge in [0.05, 0.1) is 10.5 Å². The third-order valence-electron chi connectivity index (χ3n) is 1.30. The van der Waals surface area contributed by atoms with E-state index in [1.54, 1.807) is 0 Å². The maximum atomic E-state index is 12.1. The highest BCUT2D eigenvalue weighted by atomic mass is 35.5. The molecular formula is C6H3ClF2N2O2. The van der Waals surface area contributed by atoms with Crippen LogP contribution in [0.3, 0.4) is 0 Å². The quantitative estimate of drug-likeness (QED) is 0.426. The molecule has 0 atom stereocenters. The first kappa shape index (κ1) is 9.79. The Labute approximate surface area is 76.3 Å². The number of nitro groups is 1. The predicted molar refractivity (Wildman–Crippen MR) is 40.9 cm³/mol. The second-order valence-corrected chi connectivity index (χ2v) is 2.49. The Bertz CT molecular complexity index is 345. The predicted octanol–water partition coefficient (Wildman–Crippen LogP) is 2.58. The lowest BCUT2D eigenvalue weighted by atomic mass is 10.3. The topological polar surface area (TPSA) is 56.0 Å². The Hall–Kier alpha value is -1.30. The van der Waals surface area contributed by atoms with Gasteiger partial charge in [0.25, 0.3) is 12.1 Å².